The van der Waals surface area contributed by atoms with Gasteiger partial charge in [0.15, 0.2) is 5.88 Å². The maximum absolute atomic E-state index is 11.8. The summed E-state index contributed by atoms with van der Waals surface area (Å²) in [6.07, 6.45) is 1.51. The van der Waals surface area contributed by atoms with E-state index in [0.29, 0.717) is 16.5 Å². The van der Waals surface area contributed by atoms with Gasteiger partial charge < -0.3 is 9.32 Å². The Balaban J connectivity index is 1.72. The molecule has 1 aromatic heterocycles. The number of anilines is 1. The molecule has 5 nitrogen and oxygen atoms in total. The van der Waals surface area contributed by atoms with E-state index in [1.807, 2.05) is 36.4 Å². The lowest BCUT2D eigenvalue weighted by molar-refractivity contribution is -0.118. The summed E-state index contributed by atoms with van der Waals surface area (Å²) < 4.78 is 5.67. The third-order valence-corrected chi connectivity index (χ3v) is 4.74. The van der Waals surface area contributed by atoms with Crippen LogP contribution in [0.3, 0.4) is 0 Å². The molecule has 0 aliphatic carbocycles. The third-order valence-electron chi connectivity index (χ3n) is 3.48. The maximum Gasteiger partial charge on any atom is 0.250 e. The van der Waals surface area contributed by atoms with E-state index in [0.717, 1.165) is 30.3 Å². The topological polar surface area (TPSA) is 57.8 Å². The summed E-state index contributed by atoms with van der Waals surface area (Å²) in [5.41, 5.74) is 3.64. The Kier molecular flexibility index (Phi) is 7.88. The highest BCUT2D eigenvalue weighted by molar-refractivity contribution is 7.99. The van der Waals surface area contributed by atoms with Crippen LogP contribution >= 0.6 is 23.4 Å². The first-order valence-electron chi connectivity index (χ1n) is 8.11. The van der Waals surface area contributed by atoms with Crippen molar-refractivity contribution in [1.29, 1.82) is 0 Å². The molecule has 1 heterocycles. The molecule has 2 rings (SSSR count). The van der Waals surface area contributed by atoms with E-state index in [9.17, 15) is 4.79 Å². The Labute approximate surface area is 157 Å². The third kappa shape index (κ3) is 6.48. The average molecular weight is 380 g/mol. The Hall–Kier alpha value is -1.92. The molecular weight excluding hydrogens is 358 g/mol. The molecule has 2 aromatic rings. The Morgan fingerprint density at radius 3 is 2.64 bits per heavy atom. The quantitative estimate of drug-likeness (QED) is 0.525. The van der Waals surface area contributed by atoms with Gasteiger partial charge in [0, 0.05) is 29.9 Å². The van der Waals surface area contributed by atoms with E-state index in [-0.39, 0.29) is 5.91 Å². The number of hydrazone groups is 1. The molecule has 134 valence electrons. The van der Waals surface area contributed by atoms with Crippen LogP contribution in [0, 0.1) is 0 Å². The van der Waals surface area contributed by atoms with Crippen LogP contribution in [0.25, 0.3) is 0 Å². The lowest BCUT2D eigenvalue weighted by atomic mass is 10.2. The summed E-state index contributed by atoms with van der Waals surface area (Å²) in [5.74, 6) is 2.35. The molecule has 0 saturated heterocycles. The largest absolute Gasteiger partial charge is 0.440 e. The zero-order valence-electron chi connectivity index (χ0n) is 14.4. The van der Waals surface area contributed by atoms with Crippen molar-refractivity contribution in [3.05, 3.63) is 52.7 Å². The number of hydrogen-bond acceptors (Lipinski definition) is 5. The maximum atomic E-state index is 11.8. The van der Waals surface area contributed by atoms with Gasteiger partial charge in [0.1, 0.15) is 5.76 Å². The standard InChI is InChI=1S/C18H22ClN3O2S/c1-3-22(4-2)18-10-9-16(24-18)11-20-21-17(23)13-25-12-14-5-7-15(19)8-6-14/h5-11H,3-4,12-13H2,1-2H3,(H,21,23)/b20-11-. The predicted molar refractivity (Wildman–Crippen MR) is 106 cm³/mol. The van der Waals surface area contributed by atoms with E-state index < -0.39 is 0 Å². The molecule has 1 N–H and O–H groups in total. The lowest BCUT2D eigenvalue weighted by Gasteiger charge is -2.16. The van der Waals surface area contributed by atoms with Crippen molar-refractivity contribution in [1.82, 2.24) is 5.43 Å². The molecule has 0 radical (unpaired) electrons. The van der Waals surface area contributed by atoms with E-state index >= 15 is 0 Å². The average Bonchev–Trinajstić information content (AvgIpc) is 3.06. The second-order valence-corrected chi connectivity index (χ2v) is 6.68. The fourth-order valence-corrected chi connectivity index (χ4v) is 3.07. The molecule has 0 aliphatic heterocycles. The van der Waals surface area contributed by atoms with Gasteiger partial charge in [-0.3, -0.25) is 4.79 Å². The number of hydrogen-bond donors (Lipinski definition) is 1. The van der Waals surface area contributed by atoms with Gasteiger partial charge in [-0.15, -0.1) is 11.8 Å². The molecule has 25 heavy (non-hydrogen) atoms. The zero-order valence-corrected chi connectivity index (χ0v) is 15.9. The minimum absolute atomic E-state index is 0.147. The molecule has 0 saturated carbocycles. The summed E-state index contributed by atoms with van der Waals surface area (Å²) in [7, 11) is 0. The highest BCUT2D eigenvalue weighted by Gasteiger charge is 2.06. The second-order valence-electron chi connectivity index (χ2n) is 5.26. The van der Waals surface area contributed by atoms with Crippen LogP contribution in [-0.2, 0) is 10.5 Å². The Morgan fingerprint density at radius 2 is 1.96 bits per heavy atom. The molecule has 7 heteroatoms. The number of amides is 1. The van der Waals surface area contributed by atoms with Crippen LogP contribution in [0.5, 0.6) is 0 Å². The summed E-state index contributed by atoms with van der Waals surface area (Å²) in [5, 5.41) is 4.65. The molecule has 0 fully saturated rings. The van der Waals surface area contributed by atoms with E-state index in [4.69, 9.17) is 16.0 Å². The van der Waals surface area contributed by atoms with Crippen LogP contribution < -0.4 is 10.3 Å². The van der Waals surface area contributed by atoms with Crippen LogP contribution in [0.2, 0.25) is 5.02 Å². The van der Waals surface area contributed by atoms with Crippen molar-refractivity contribution < 1.29 is 9.21 Å². The zero-order chi connectivity index (χ0) is 18.1. The van der Waals surface area contributed by atoms with Gasteiger partial charge in [0.2, 0.25) is 5.91 Å². The highest BCUT2D eigenvalue weighted by atomic mass is 35.5. The monoisotopic (exact) mass is 379 g/mol. The number of furan rings is 1. The smallest absolute Gasteiger partial charge is 0.250 e. The van der Waals surface area contributed by atoms with Crippen LogP contribution in [0.15, 0.2) is 45.9 Å². The number of rotatable bonds is 9. The van der Waals surface area contributed by atoms with Crippen molar-refractivity contribution in [2.45, 2.75) is 19.6 Å². The number of benzene rings is 1. The lowest BCUT2D eigenvalue weighted by Crippen LogP contribution is -2.21. The normalized spacial score (nSPS) is 11.0. The van der Waals surface area contributed by atoms with Crippen molar-refractivity contribution in [2.75, 3.05) is 23.7 Å². The van der Waals surface area contributed by atoms with Gasteiger partial charge in [-0.05, 0) is 37.6 Å². The number of nitrogens with one attached hydrogen (secondary N) is 1. The molecule has 0 spiro atoms. The van der Waals surface area contributed by atoms with E-state index in [2.05, 4.69) is 29.3 Å². The first kappa shape index (κ1) is 19.4. The minimum atomic E-state index is -0.147. The van der Waals surface area contributed by atoms with Crippen molar-refractivity contribution in [3.63, 3.8) is 0 Å². The van der Waals surface area contributed by atoms with Crippen LogP contribution in [0.1, 0.15) is 25.2 Å². The van der Waals surface area contributed by atoms with E-state index in [1.165, 1.54) is 18.0 Å². The van der Waals surface area contributed by atoms with Crippen LogP contribution in [-0.4, -0.2) is 31.0 Å². The van der Waals surface area contributed by atoms with Gasteiger partial charge >= 0.3 is 0 Å². The van der Waals surface area contributed by atoms with Gasteiger partial charge in [0.05, 0.1) is 12.0 Å². The molecule has 0 atom stereocenters. The van der Waals surface area contributed by atoms with Crippen LogP contribution in [0.4, 0.5) is 5.88 Å². The fraction of sp³-hybridized carbons (Fsp3) is 0.333. The van der Waals surface area contributed by atoms with Crippen molar-refractivity contribution in [3.8, 4) is 0 Å². The SMILES string of the molecule is CCN(CC)c1ccc(/C=N\NC(=O)CSCc2ccc(Cl)cc2)o1. The molecule has 0 unspecified atom stereocenters. The van der Waals surface area contributed by atoms with Crippen molar-refractivity contribution in [2.24, 2.45) is 5.10 Å². The predicted octanol–water partition coefficient (Wildman–Crippen LogP) is 4.16. The fourth-order valence-electron chi connectivity index (χ4n) is 2.16. The molecular formula is C18H22ClN3O2S. The number of carbonyl (C=O) groups is 1. The summed E-state index contributed by atoms with van der Waals surface area (Å²) in [4.78, 5) is 13.9. The van der Waals surface area contributed by atoms with Gasteiger partial charge in [-0.2, -0.15) is 5.10 Å². The second kappa shape index (κ2) is 10.2. The molecule has 1 aromatic carbocycles. The van der Waals surface area contributed by atoms with Gasteiger partial charge in [-0.25, -0.2) is 5.43 Å². The summed E-state index contributed by atoms with van der Waals surface area (Å²) in [6.45, 7) is 5.90. The highest BCUT2D eigenvalue weighted by Crippen LogP contribution is 2.17. The summed E-state index contributed by atoms with van der Waals surface area (Å²) >= 11 is 7.36. The minimum Gasteiger partial charge on any atom is -0.440 e. The van der Waals surface area contributed by atoms with Gasteiger partial charge in [-0.1, -0.05) is 23.7 Å². The Bertz CT molecular complexity index is 697. The molecule has 0 bridgehead atoms. The first-order chi connectivity index (χ1) is 12.1. The number of halogens is 1. The summed E-state index contributed by atoms with van der Waals surface area (Å²) in [6, 6.07) is 11.3. The van der Waals surface area contributed by atoms with Gasteiger partial charge in [0.25, 0.3) is 0 Å². The van der Waals surface area contributed by atoms with Crippen molar-refractivity contribution >= 4 is 41.4 Å². The Morgan fingerprint density at radius 1 is 1.24 bits per heavy atom. The number of nitrogens with zero attached hydrogens (tertiary/aromatic N) is 2. The first-order valence-corrected chi connectivity index (χ1v) is 9.64. The number of carbonyl (C=O) groups excluding carboxylic acids is 1. The van der Waals surface area contributed by atoms with E-state index in [1.54, 1.807) is 0 Å². The number of thioether (sulfide) groups is 1. The molecule has 0 aliphatic rings. The molecule has 1 amide bonds.